The zero-order valence-corrected chi connectivity index (χ0v) is 15.6. The quantitative estimate of drug-likeness (QED) is 0.844. The second kappa shape index (κ2) is 7.53. The molecular formula is C17H22BrNO5. The summed E-state index contributed by atoms with van der Waals surface area (Å²) in [6.07, 6.45) is -0.975. The van der Waals surface area contributed by atoms with Gasteiger partial charge in [0.2, 0.25) is 0 Å². The van der Waals surface area contributed by atoms with E-state index in [1.54, 1.807) is 20.8 Å². The topological polar surface area (TPSA) is 76.1 Å². The lowest BCUT2D eigenvalue weighted by Crippen LogP contribution is -2.56. The molecule has 6 nitrogen and oxygen atoms in total. The maximum absolute atomic E-state index is 12.5. The molecule has 2 atom stereocenters. The van der Waals surface area contributed by atoms with Gasteiger partial charge in [-0.2, -0.15) is 0 Å². The number of halogens is 1. The second-order valence-electron chi connectivity index (χ2n) is 6.78. The van der Waals surface area contributed by atoms with Crippen molar-refractivity contribution in [1.82, 2.24) is 4.90 Å². The molecule has 1 fully saturated rings. The number of carboxylic acids is 1. The van der Waals surface area contributed by atoms with Crippen LogP contribution in [0.4, 0.5) is 4.79 Å². The van der Waals surface area contributed by atoms with Gasteiger partial charge < -0.3 is 14.6 Å². The van der Waals surface area contributed by atoms with Crippen molar-refractivity contribution in [2.75, 3.05) is 13.2 Å². The highest BCUT2D eigenvalue weighted by Crippen LogP contribution is 2.21. The molecule has 0 unspecified atom stereocenters. The van der Waals surface area contributed by atoms with Crippen LogP contribution < -0.4 is 0 Å². The maximum atomic E-state index is 12.5. The Morgan fingerprint density at radius 3 is 2.50 bits per heavy atom. The van der Waals surface area contributed by atoms with E-state index in [0.29, 0.717) is 6.42 Å². The Balaban J connectivity index is 2.15. The van der Waals surface area contributed by atoms with Gasteiger partial charge in [-0.3, -0.25) is 4.90 Å². The summed E-state index contributed by atoms with van der Waals surface area (Å²) in [6.45, 7) is 5.48. The van der Waals surface area contributed by atoms with Crippen molar-refractivity contribution in [3.8, 4) is 0 Å². The van der Waals surface area contributed by atoms with Gasteiger partial charge in [-0.1, -0.05) is 28.1 Å². The number of carbonyl (C=O) groups excluding carboxylic acids is 1. The minimum absolute atomic E-state index is 0.0224. The summed E-state index contributed by atoms with van der Waals surface area (Å²) in [7, 11) is 0. The van der Waals surface area contributed by atoms with Crippen molar-refractivity contribution >= 4 is 28.0 Å². The summed E-state index contributed by atoms with van der Waals surface area (Å²) in [4.78, 5) is 25.2. The summed E-state index contributed by atoms with van der Waals surface area (Å²) >= 11 is 3.39. The summed E-state index contributed by atoms with van der Waals surface area (Å²) in [5.41, 5.74) is 0.394. The standard InChI is InChI=1S/C17H22BrNO5/c1-17(2,3)24-16(22)19-9-14(15(20)21)23-10-13(19)8-11-4-6-12(18)7-5-11/h4-7,13-14H,8-10H2,1-3H3,(H,20,21)/t13-,14+/m0/s1. The van der Waals surface area contributed by atoms with Gasteiger partial charge >= 0.3 is 12.1 Å². The fourth-order valence-electron chi connectivity index (χ4n) is 2.45. The van der Waals surface area contributed by atoms with Crippen molar-refractivity contribution < 1.29 is 24.2 Å². The largest absolute Gasteiger partial charge is 0.479 e. The molecule has 1 N–H and O–H groups in total. The first-order valence-electron chi connectivity index (χ1n) is 7.74. The SMILES string of the molecule is CC(C)(C)OC(=O)N1C[C@H](C(=O)O)OC[C@@H]1Cc1ccc(Br)cc1. The lowest BCUT2D eigenvalue weighted by molar-refractivity contribution is -0.158. The summed E-state index contributed by atoms with van der Waals surface area (Å²) in [5, 5.41) is 9.17. The average Bonchev–Trinajstić information content (AvgIpc) is 2.48. The number of carbonyl (C=O) groups is 2. The van der Waals surface area contributed by atoms with Gasteiger partial charge in [0.1, 0.15) is 5.60 Å². The van der Waals surface area contributed by atoms with Crippen LogP contribution in [0.1, 0.15) is 26.3 Å². The fourth-order valence-corrected chi connectivity index (χ4v) is 2.72. The summed E-state index contributed by atoms with van der Waals surface area (Å²) < 4.78 is 11.8. The smallest absolute Gasteiger partial charge is 0.410 e. The molecule has 2 rings (SSSR count). The summed E-state index contributed by atoms with van der Waals surface area (Å²) in [6, 6.07) is 7.51. The molecule has 132 valence electrons. The molecule has 1 heterocycles. The van der Waals surface area contributed by atoms with Gasteiger partial charge in [0.05, 0.1) is 19.2 Å². The van der Waals surface area contributed by atoms with Crippen molar-refractivity contribution in [3.63, 3.8) is 0 Å². The number of hydrogen-bond donors (Lipinski definition) is 1. The van der Waals surface area contributed by atoms with Crippen LogP contribution in [0.2, 0.25) is 0 Å². The Morgan fingerprint density at radius 1 is 1.33 bits per heavy atom. The van der Waals surface area contributed by atoms with Crippen molar-refractivity contribution in [1.29, 1.82) is 0 Å². The highest BCUT2D eigenvalue weighted by Gasteiger charge is 2.37. The number of carboxylic acid groups (broad SMARTS) is 1. The second-order valence-corrected chi connectivity index (χ2v) is 7.69. The molecule has 0 saturated carbocycles. The third-order valence-corrected chi connectivity index (χ3v) is 4.11. The van der Waals surface area contributed by atoms with E-state index in [4.69, 9.17) is 14.6 Å². The Bertz CT molecular complexity index is 596. The lowest BCUT2D eigenvalue weighted by atomic mass is 10.0. The predicted octanol–water partition coefficient (Wildman–Crippen LogP) is 3.08. The Hall–Kier alpha value is -1.60. The third-order valence-electron chi connectivity index (χ3n) is 3.58. The zero-order valence-electron chi connectivity index (χ0n) is 14.0. The molecule has 1 aliphatic heterocycles. The minimum atomic E-state index is -1.08. The van der Waals surface area contributed by atoms with Crippen LogP contribution >= 0.6 is 15.9 Å². The van der Waals surface area contributed by atoms with Crippen LogP contribution in [0.5, 0.6) is 0 Å². The van der Waals surface area contributed by atoms with Crippen LogP contribution in [-0.2, 0) is 20.7 Å². The maximum Gasteiger partial charge on any atom is 0.410 e. The highest BCUT2D eigenvalue weighted by atomic mass is 79.9. The molecule has 1 aliphatic rings. The van der Waals surface area contributed by atoms with E-state index >= 15 is 0 Å². The van der Waals surface area contributed by atoms with E-state index in [1.807, 2.05) is 24.3 Å². The molecular weight excluding hydrogens is 378 g/mol. The molecule has 1 aromatic rings. The van der Waals surface area contributed by atoms with Crippen LogP contribution in [0.25, 0.3) is 0 Å². The minimum Gasteiger partial charge on any atom is -0.479 e. The van der Waals surface area contributed by atoms with Crippen molar-refractivity contribution in [2.24, 2.45) is 0 Å². The molecule has 1 aromatic carbocycles. The first-order valence-corrected chi connectivity index (χ1v) is 8.53. The van der Waals surface area contributed by atoms with Crippen molar-refractivity contribution in [2.45, 2.75) is 44.9 Å². The van der Waals surface area contributed by atoms with E-state index in [1.165, 1.54) is 4.90 Å². The van der Waals surface area contributed by atoms with Gasteiger partial charge in [0.25, 0.3) is 0 Å². The normalized spacial score (nSPS) is 21.4. The number of ether oxygens (including phenoxy) is 2. The first kappa shape index (κ1) is 18.7. The number of aliphatic carboxylic acids is 1. The zero-order chi connectivity index (χ0) is 17.9. The number of nitrogens with zero attached hydrogens (tertiary/aromatic N) is 1. The Morgan fingerprint density at radius 2 is 1.96 bits per heavy atom. The lowest BCUT2D eigenvalue weighted by Gasteiger charge is -2.39. The molecule has 0 aliphatic carbocycles. The van der Waals surface area contributed by atoms with Crippen LogP contribution in [0.15, 0.2) is 28.7 Å². The van der Waals surface area contributed by atoms with Crippen LogP contribution in [0.3, 0.4) is 0 Å². The van der Waals surface area contributed by atoms with Gasteiger partial charge in [-0.05, 0) is 44.9 Å². The Kier molecular flexibility index (Phi) is 5.87. The number of hydrogen-bond acceptors (Lipinski definition) is 4. The number of amides is 1. The number of benzene rings is 1. The van der Waals surface area contributed by atoms with E-state index in [2.05, 4.69) is 15.9 Å². The number of rotatable bonds is 3. The first-order chi connectivity index (χ1) is 11.2. The molecule has 0 aromatic heterocycles. The average molecular weight is 400 g/mol. The molecule has 1 saturated heterocycles. The van der Waals surface area contributed by atoms with Gasteiger partial charge in [-0.25, -0.2) is 9.59 Å². The monoisotopic (exact) mass is 399 g/mol. The van der Waals surface area contributed by atoms with Gasteiger partial charge in [-0.15, -0.1) is 0 Å². The van der Waals surface area contributed by atoms with Gasteiger partial charge in [0.15, 0.2) is 6.10 Å². The summed E-state index contributed by atoms with van der Waals surface area (Å²) in [5.74, 6) is -1.08. The van der Waals surface area contributed by atoms with Crippen molar-refractivity contribution in [3.05, 3.63) is 34.3 Å². The van der Waals surface area contributed by atoms with E-state index in [0.717, 1.165) is 10.0 Å². The molecule has 0 radical (unpaired) electrons. The van der Waals surface area contributed by atoms with Crippen LogP contribution in [-0.4, -0.2) is 53.0 Å². The van der Waals surface area contributed by atoms with E-state index < -0.39 is 23.8 Å². The molecule has 1 amide bonds. The highest BCUT2D eigenvalue weighted by molar-refractivity contribution is 9.10. The van der Waals surface area contributed by atoms with E-state index in [9.17, 15) is 9.59 Å². The molecule has 0 spiro atoms. The van der Waals surface area contributed by atoms with Gasteiger partial charge in [0, 0.05) is 4.47 Å². The third kappa shape index (κ3) is 5.21. The molecule has 24 heavy (non-hydrogen) atoms. The molecule has 0 bridgehead atoms. The van der Waals surface area contributed by atoms with Crippen LogP contribution in [0, 0.1) is 0 Å². The molecule has 7 heteroatoms. The fraction of sp³-hybridized carbons (Fsp3) is 0.529. The number of morpholine rings is 1. The predicted molar refractivity (Wildman–Crippen MR) is 91.9 cm³/mol. The Labute approximate surface area is 149 Å². The van der Waals surface area contributed by atoms with E-state index in [-0.39, 0.29) is 19.2 Å².